The van der Waals surface area contributed by atoms with Crippen molar-refractivity contribution in [2.45, 2.75) is 25.8 Å². The molecule has 0 bridgehead atoms. The lowest BCUT2D eigenvalue weighted by molar-refractivity contribution is -0.276. The average molecular weight is 281 g/mol. The maximum atomic E-state index is 12.7. The summed E-state index contributed by atoms with van der Waals surface area (Å²) in [7, 11) is 0. The van der Waals surface area contributed by atoms with E-state index in [1.807, 2.05) is 0 Å². The van der Waals surface area contributed by atoms with Crippen LogP contribution in [-0.4, -0.2) is 11.3 Å². The number of halogens is 5. The Balaban J connectivity index is 3.32. The van der Waals surface area contributed by atoms with Gasteiger partial charge in [0.2, 0.25) is 5.88 Å². The van der Waals surface area contributed by atoms with Crippen LogP contribution < -0.4 is 10.5 Å². The molecule has 0 aromatic carbocycles. The largest absolute Gasteiger partial charge is 0.574 e. The van der Waals surface area contributed by atoms with Crippen LogP contribution >= 0.6 is 0 Å². The minimum absolute atomic E-state index is 0.368. The molecule has 19 heavy (non-hydrogen) atoms. The summed E-state index contributed by atoms with van der Waals surface area (Å²) in [6, 6.07) is 2.30. The summed E-state index contributed by atoms with van der Waals surface area (Å²) in [5.74, 6) is -0.932. The van der Waals surface area contributed by atoms with E-state index in [0.29, 0.717) is 0 Å². The quantitative estimate of drug-likeness (QED) is 0.860. The van der Waals surface area contributed by atoms with Crippen LogP contribution in [0.5, 0.6) is 5.88 Å². The average Bonchev–Trinajstić information content (AvgIpc) is 2.28. The van der Waals surface area contributed by atoms with E-state index < -0.39 is 42.9 Å². The second-order valence-electron chi connectivity index (χ2n) is 3.38. The molecular weight excluding hydrogens is 273 g/mol. The molecule has 0 aliphatic rings. The number of pyridine rings is 1. The highest BCUT2D eigenvalue weighted by atomic mass is 19.4. The zero-order valence-corrected chi connectivity index (χ0v) is 9.34. The highest BCUT2D eigenvalue weighted by Crippen LogP contribution is 2.30. The van der Waals surface area contributed by atoms with Gasteiger partial charge in [0, 0.05) is 17.7 Å². The minimum atomic E-state index is -5.03. The van der Waals surface area contributed by atoms with Crippen molar-refractivity contribution in [2.24, 2.45) is 5.73 Å². The Kier molecular flexibility index (Phi) is 4.61. The molecule has 1 aromatic rings. The molecule has 0 radical (unpaired) electrons. The zero-order chi connectivity index (χ0) is 14.6. The number of nitrogens with two attached hydrogens (primary N) is 1. The third-order valence-electron chi connectivity index (χ3n) is 2.08. The lowest BCUT2D eigenvalue weighted by Crippen LogP contribution is -2.20. The topological polar surface area (TPSA) is 71.9 Å². The molecule has 0 atom stereocenters. The van der Waals surface area contributed by atoms with Crippen LogP contribution in [0.1, 0.15) is 23.2 Å². The van der Waals surface area contributed by atoms with Gasteiger partial charge in [-0.3, -0.25) is 0 Å². The lowest BCUT2D eigenvalue weighted by Gasteiger charge is -2.14. The molecule has 0 aliphatic carbocycles. The third kappa shape index (κ3) is 4.03. The van der Waals surface area contributed by atoms with E-state index in [9.17, 15) is 22.0 Å². The van der Waals surface area contributed by atoms with Gasteiger partial charge in [0.05, 0.1) is 18.2 Å². The van der Waals surface area contributed by atoms with Crippen molar-refractivity contribution in [2.75, 3.05) is 0 Å². The molecule has 0 spiro atoms. The van der Waals surface area contributed by atoms with Crippen molar-refractivity contribution in [1.82, 2.24) is 4.98 Å². The Morgan fingerprint density at radius 2 is 2.05 bits per heavy atom. The Morgan fingerprint density at radius 3 is 2.47 bits per heavy atom. The van der Waals surface area contributed by atoms with Gasteiger partial charge in [0.1, 0.15) is 0 Å². The summed E-state index contributed by atoms with van der Waals surface area (Å²) in [4.78, 5) is 3.32. The third-order valence-corrected chi connectivity index (χ3v) is 2.08. The Morgan fingerprint density at radius 1 is 1.42 bits per heavy atom. The molecule has 4 nitrogen and oxygen atoms in total. The van der Waals surface area contributed by atoms with Crippen LogP contribution in [-0.2, 0) is 13.0 Å². The molecule has 9 heteroatoms. The van der Waals surface area contributed by atoms with Crippen molar-refractivity contribution in [3.8, 4) is 11.9 Å². The van der Waals surface area contributed by atoms with E-state index in [-0.39, 0.29) is 5.56 Å². The standard InChI is InChI=1S/C10H8F5N3O/c11-8(12)6-3-5(1-2-16)9(18-7(6)4-17)19-10(13,14)15/h3,8H,1,4,17H2. The summed E-state index contributed by atoms with van der Waals surface area (Å²) in [5.41, 5.74) is 3.76. The molecule has 0 aliphatic heterocycles. The van der Waals surface area contributed by atoms with Crippen LogP contribution in [0.25, 0.3) is 0 Å². The van der Waals surface area contributed by atoms with Gasteiger partial charge in [-0.15, -0.1) is 13.2 Å². The maximum absolute atomic E-state index is 12.7. The van der Waals surface area contributed by atoms with Crippen molar-refractivity contribution < 1.29 is 26.7 Å². The molecule has 0 amide bonds. The summed E-state index contributed by atoms with van der Waals surface area (Å²) < 4.78 is 65.3. The first-order valence-electron chi connectivity index (χ1n) is 4.92. The van der Waals surface area contributed by atoms with Crippen LogP contribution in [0.3, 0.4) is 0 Å². The highest BCUT2D eigenvalue weighted by molar-refractivity contribution is 5.37. The SMILES string of the molecule is N#CCc1cc(C(F)F)c(CN)nc1OC(F)(F)F. The Hall–Kier alpha value is -1.95. The molecule has 1 rings (SSSR count). The number of ether oxygens (including phenoxy) is 1. The van der Waals surface area contributed by atoms with Gasteiger partial charge < -0.3 is 10.5 Å². The van der Waals surface area contributed by atoms with Crippen molar-refractivity contribution >= 4 is 0 Å². The van der Waals surface area contributed by atoms with Gasteiger partial charge >= 0.3 is 6.36 Å². The zero-order valence-electron chi connectivity index (χ0n) is 9.34. The van der Waals surface area contributed by atoms with Gasteiger partial charge in [-0.1, -0.05) is 0 Å². The molecule has 0 saturated heterocycles. The molecule has 104 valence electrons. The van der Waals surface area contributed by atoms with Crippen molar-refractivity contribution in [3.05, 3.63) is 22.9 Å². The van der Waals surface area contributed by atoms with E-state index >= 15 is 0 Å². The van der Waals surface area contributed by atoms with Crippen molar-refractivity contribution in [3.63, 3.8) is 0 Å². The van der Waals surface area contributed by atoms with Gasteiger partial charge in [-0.2, -0.15) is 5.26 Å². The van der Waals surface area contributed by atoms with Crippen LogP contribution in [0.4, 0.5) is 22.0 Å². The van der Waals surface area contributed by atoms with E-state index in [4.69, 9.17) is 11.0 Å². The molecular formula is C10H8F5N3O. The summed E-state index contributed by atoms with van der Waals surface area (Å²) in [6.45, 7) is -0.472. The predicted octanol–water partition coefficient (Wildman–Crippen LogP) is 2.44. The first-order valence-corrected chi connectivity index (χ1v) is 4.92. The number of nitriles is 1. The van der Waals surface area contributed by atoms with E-state index in [1.165, 1.54) is 0 Å². The Bertz CT molecular complexity index is 495. The lowest BCUT2D eigenvalue weighted by atomic mass is 10.1. The van der Waals surface area contributed by atoms with E-state index in [2.05, 4.69) is 9.72 Å². The summed E-state index contributed by atoms with van der Waals surface area (Å²) in [6.07, 6.45) is -8.53. The molecule has 1 aromatic heterocycles. The number of aromatic nitrogens is 1. The fourth-order valence-electron chi connectivity index (χ4n) is 1.35. The fraction of sp³-hybridized carbons (Fsp3) is 0.400. The second-order valence-corrected chi connectivity index (χ2v) is 3.38. The molecule has 0 saturated carbocycles. The summed E-state index contributed by atoms with van der Waals surface area (Å²) in [5, 5.41) is 8.47. The van der Waals surface area contributed by atoms with Crippen LogP contribution in [0, 0.1) is 11.3 Å². The number of hydrogen-bond donors (Lipinski definition) is 1. The minimum Gasteiger partial charge on any atom is -0.388 e. The number of rotatable bonds is 4. The normalized spacial score (nSPS) is 11.5. The highest BCUT2D eigenvalue weighted by Gasteiger charge is 2.33. The van der Waals surface area contributed by atoms with Crippen molar-refractivity contribution in [1.29, 1.82) is 5.26 Å². The maximum Gasteiger partial charge on any atom is 0.574 e. The summed E-state index contributed by atoms with van der Waals surface area (Å²) >= 11 is 0. The number of alkyl halides is 5. The fourth-order valence-corrected chi connectivity index (χ4v) is 1.35. The molecule has 0 unspecified atom stereocenters. The van der Waals surface area contributed by atoms with Crippen LogP contribution in [0.15, 0.2) is 6.07 Å². The predicted molar refractivity (Wildman–Crippen MR) is 53.1 cm³/mol. The van der Waals surface area contributed by atoms with Gasteiger partial charge in [0.25, 0.3) is 6.43 Å². The smallest absolute Gasteiger partial charge is 0.388 e. The van der Waals surface area contributed by atoms with E-state index in [1.54, 1.807) is 6.07 Å². The second kappa shape index (κ2) is 5.79. The molecule has 0 fully saturated rings. The Labute approximate surface area is 104 Å². The first-order chi connectivity index (χ1) is 8.78. The molecule has 2 N–H and O–H groups in total. The monoisotopic (exact) mass is 281 g/mol. The van der Waals surface area contributed by atoms with Gasteiger partial charge in [-0.05, 0) is 6.07 Å². The first kappa shape index (κ1) is 15.1. The number of nitrogens with zero attached hydrogens (tertiary/aromatic N) is 2. The van der Waals surface area contributed by atoms with Gasteiger partial charge in [0.15, 0.2) is 0 Å². The van der Waals surface area contributed by atoms with Gasteiger partial charge in [-0.25, -0.2) is 13.8 Å². The van der Waals surface area contributed by atoms with E-state index in [0.717, 1.165) is 6.07 Å². The number of hydrogen-bond acceptors (Lipinski definition) is 4. The van der Waals surface area contributed by atoms with Crippen LogP contribution in [0.2, 0.25) is 0 Å². The molecule has 1 heterocycles.